The summed E-state index contributed by atoms with van der Waals surface area (Å²) in [7, 11) is 0. The summed E-state index contributed by atoms with van der Waals surface area (Å²) in [5.41, 5.74) is 9.23. The quantitative estimate of drug-likeness (QED) is 0.824. The molecule has 2 aliphatic rings. The monoisotopic (exact) mass is 358 g/mol. The number of carbonyl (C=O) groups is 2. The molecular formula is C18H22N4O2S. The van der Waals surface area contributed by atoms with Crippen molar-refractivity contribution >= 4 is 23.6 Å². The molecule has 1 aromatic rings. The van der Waals surface area contributed by atoms with E-state index in [1.807, 2.05) is 6.92 Å². The summed E-state index contributed by atoms with van der Waals surface area (Å²) in [4.78, 5) is 30.1. The summed E-state index contributed by atoms with van der Waals surface area (Å²) in [6.45, 7) is 3.11. The molecule has 0 aromatic carbocycles. The summed E-state index contributed by atoms with van der Waals surface area (Å²) in [6.07, 6.45) is 4.28. The van der Waals surface area contributed by atoms with Crippen LogP contribution < -0.4 is 5.73 Å². The Balaban J connectivity index is 1.64. The maximum Gasteiger partial charge on any atom is 0.232 e. The lowest BCUT2D eigenvalue weighted by atomic mass is 9.96. The number of thioether (sulfide) groups is 1. The Kier molecular flexibility index (Phi) is 5.28. The molecule has 0 saturated carbocycles. The Labute approximate surface area is 151 Å². The van der Waals surface area contributed by atoms with Gasteiger partial charge in [0.05, 0.1) is 11.3 Å². The van der Waals surface area contributed by atoms with Gasteiger partial charge in [0.15, 0.2) is 0 Å². The molecule has 1 aliphatic carbocycles. The highest BCUT2D eigenvalue weighted by atomic mass is 32.2. The summed E-state index contributed by atoms with van der Waals surface area (Å²) >= 11 is 1.34. The Morgan fingerprint density at radius 2 is 2.08 bits per heavy atom. The van der Waals surface area contributed by atoms with E-state index >= 15 is 0 Å². The lowest BCUT2D eigenvalue weighted by molar-refractivity contribution is -0.132. The molecule has 2 heterocycles. The minimum atomic E-state index is -0.280. The number of rotatable bonds is 4. The van der Waals surface area contributed by atoms with Gasteiger partial charge in [-0.2, -0.15) is 5.26 Å². The molecule has 132 valence electrons. The normalized spacial score (nSPS) is 17.2. The molecule has 0 radical (unpaired) electrons. The second-order valence-electron chi connectivity index (χ2n) is 6.65. The predicted octanol–water partition coefficient (Wildman–Crippen LogP) is 1.57. The number of fused-ring (bicyclic) bond motifs is 1. The molecule has 25 heavy (non-hydrogen) atoms. The van der Waals surface area contributed by atoms with Gasteiger partial charge in [0, 0.05) is 24.7 Å². The standard InChI is InChI=1S/C18H22N4O2S/c1-11-13-3-2-4-15(13)21-18(14(11)9-19)25-10-16(23)22-7-5-12(6-8-22)17(20)24/h12H,2-8,10H2,1H3,(H2,20,24). The van der Waals surface area contributed by atoms with Gasteiger partial charge >= 0.3 is 0 Å². The number of piperidine rings is 1. The highest BCUT2D eigenvalue weighted by molar-refractivity contribution is 8.00. The Bertz CT molecular complexity index is 748. The third kappa shape index (κ3) is 3.64. The van der Waals surface area contributed by atoms with Gasteiger partial charge in [0.2, 0.25) is 11.8 Å². The third-order valence-electron chi connectivity index (χ3n) is 5.16. The van der Waals surface area contributed by atoms with Gasteiger partial charge < -0.3 is 10.6 Å². The van der Waals surface area contributed by atoms with E-state index < -0.39 is 0 Å². The van der Waals surface area contributed by atoms with Crippen molar-refractivity contribution in [1.82, 2.24) is 9.88 Å². The highest BCUT2D eigenvalue weighted by Crippen LogP contribution is 2.32. The number of likely N-dealkylation sites (tertiary alicyclic amines) is 1. The average molecular weight is 358 g/mol. The maximum absolute atomic E-state index is 12.4. The van der Waals surface area contributed by atoms with Crippen LogP contribution in [0.1, 0.15) is 41.6 Å². The molecule has 2 N–H and O–H groups in total. The number of aryl methyl sites for hydroxylation is 1. The van der Waals surface area contributed by atoms with E-state index in [1.165, 1.54) is 17.3 Å². The van der Waals surface area contributed by atoms with Crippen molar-refractivity contribution in [2.45, 2.75) is 44.1 Å². The van der Waals surface area contributed by atoms with Crippen LogP contribution in [0.25, 0.3) is 0 Å². The van der Waals surface area contributed by atoms with E-state index in [9.17, 15) is 14.9 Å². The van der Waals surface area contributed by atoms with Gasteiger partial charge in [0.1, 0.15) is 11.1 Å². The van der Waals surface area contributed by atoms with Crippen LogP contribution in [0.5, 0.6) is 0 Å². The zero-order chi connectivity index (χ0) is 18.0. The second kappa shape index (κ2) is 7.44. The van der Waals surface area contributed by atoms with Gasteiger partial charge in [-0.3, -0.25) is 9.59 Å². The first-order valence-corrected chi connectivity index (χ1v) is 9.62. The Morgan fingerprint density at radius 3 is 2.72 bits per heavy atom. The SMILES string of the molecule is Cc1c(C#N)c(SCC(=O)N2CCC(C(N)=O)CC2)nc2c1CCC2. The van der Waals surface area contributed by atoms with Crippen LogP contribution in [0.2, 0.25) is 0 Å². The molecule has 7 heteroatoms. The van der Waals surface area contributed by atoms with Crippen LogP contribution in [0.3, 0.4) is 0 Å². The topological polar surface area (TPSA) is 100 Å². The van der Waals surface area contributed by atoms with Crippen molar-refractivity contribution < 1.29 is 9.59 Å². The number of nitrogens with two attached hydrogens (primary N) is 1. The smallest absolute Gasteiger partial charge is 0.232 e. The molecule has 0 atom stereocenters. The largest absolute Gasteiger partial charge is 0.369 e. The van der Waals surface area contributed by atoms with Crippen molar-refractivity contribution in [2.24, 2.45) is 11.7 Å². The number of nitriles is 1. The summed E-state index contributed by atoms with van der Waals surface area (Å²) in [5.74, 6) is -0.112. The highest BCUT2D eigenvalue weighted by Gasteiger charge is 2.26. The number of pyridine rings is 1. The van der Waals surface area contributed by atoms with Crippen LogP contribution in [-0.4, -0.2) is 40.5 Å². The van der Waals surface area contributed by atoms with Crippen LogP contribution in [-0.2, 0) is 22.4 Å². The van der Waals surface area contributed by atoms with Gasteiger partial charge in [0.25, 0.3) is 0 Å². The van der Waals surface area contributed by atoms with Crippen molar-refractivity contribution in [3.63, 3.8) is 0 Å². The molecule has 1 saturated heterocycles. The number of hydrogen-bond donors (Lipinski definition) is 1. The van der Waals surface area contributed by atoms with Crippen LogP contribution in [0.15, 0.2) is 5.03 Å². The fourth-order valence-corrected chi connectivity index (χ4v) is 4.58. The van der Waals surface area contributed by atoms with Crippen molar-refractivity contribution in [2.75, 3.05) is 18.8 Å². The van der Waals surface area contributed by atoms with E-state index in [-0.39, 0.29) is 23.5 Å². The third-order valence-corrected chi connectivity index (χ3v) is 6.12. The van der Waals surface area contributed by atoms with Crippen molar-refractivity contribution in [3.05, 3.63) is 22.4 Å². The minimum Gasteiger partial charge on any atom is -0.369 e. The summed E-state index contributed by atoms with van der Waals surface area (Å²) in [5, 5.41) is 10.2. The van der Waals surface area contributed by atoms with E-state index in [0.29, 0.717) is 36.5 Å². The van der Waals surface area contributed by atoms with Crippen LogP contribution >= 0.6 is 11.8 Å². The Morgan fingerprint density at radius 1 is 1.36 bits per heavy atom. The molecular weight excluding hydrogens is 336 g/mol. The van der Waals surface area contributed by atoms with E-state index in [4.69, 9.17) is 5.73 Å². The first-order valence-electron chi connectivity index (χ1n) is 8.63. The van der Waals surface area contributed by atoms with E-state index in [0.717, 1.165) is 30.5 Å². The van der Waals surface area contributed by atoms with Crippen molar-refractivity contribution in [1.29, 1.82) is 5.26 Å². The molecule has 6 nitrogen and oxygen atoms in total. The Hall–Kier alpha value is -2.07. The summed E-state index contributed by atoms with van der Waals surface area (Å²) in [6, 6.07) is 2.26. The van der Waals surface area contributed by atoms with Crippen LogP contribution in [0, 0.1) is 24.2 Å². The first kappa shape index (κ1) is 17.7. The van der Waals surface area contributed by atoms with E-state index in [1.54, 1.807) is 4.90 Å². The molecule has 1 aliphatic heterocycles. The number of nitrogens with zero attached hydrogens (tertiary/aromatic N) is 3. The minimum absolute atomic E-state index is 0.0248. The fourth-order valence-electron chi connectivity index (χ4n) is 3.62. The van der Waals surface area contributed by atoms with E-state index in [2.05, 4.69) is 11.1 Å². The molecule has 1 aromatic heterocycles. The summed E-state index contributed by atoms with van der Waals surface area (Å²) < 4.78 is 0. The molecule has 3 rings (SSSR count). The van der Waals surface area contributed by atoms with Gasteiger partial charge in [-0.25, -0.2) is 4.98 Å². The first-order chi connectivity index (χ1) is 12.0. The molecule has 1 fully saturated rings. The number of hydrogen-bond acceptors (Lipinski definition) is 5. The molecule has 0 bridgehead atoms. The number of primary amides is 1. The average Bonchev–Trinajstić information content (AvgIpc) is 3.08. The lowest BCUT2D eigenvalue weighted by Gasteiger charge is -2.30. The lowest BCUT2D eigenvalue weighted by Crippen LogP contribution is -2.42. The number of carbonyl (C=O) groups excluding carboxylic acids is 2. The van der Waals surface area contributed by atoms with Gasteiger partial charge in [-0.1, -0.05) is 11.8 Å². The number of amides is 2. The predicted molar refractivity (Wildman–Crippen MR) is 94.9 cm³/mol. The molecule has 2 amide bonds. The van der Waals surface area contributed by atoms with Gasteiger partial charge in [-0.15, -0.1) is 0 Å². The second-order valence-corrected chi connectivity index (χ2v) is 7.62. The maximum atomic E-state index is 12.4. The molecule has 0 unspecified atom stereocenters. The van der Waals surface area contributed by atoms with Gasteiger partial charge in [-0.05, 0) is 50.2 Å². The zero-order valence-corrected chi connectivity index (χ0v) is 15.2. The number of aromatic nitrogens is 1. The fraction of sp³-hybridized carbons (Fsp3) is 0.556. The molecule has 0 spiro atoms. The zero-order valence-electron chi connectivity index (χ0n) is 14.4. The van der Waals surface area contributed by atoms with Crippen molar-refractivity contribution in [3.8, 4) is 6.07 Å². The van der Waals surface area contributed by atoms with Crippen LogP contribution in [0.4, 0.5) is 0 Å².